The van der Waals surface area contributed by atoms with E-state index in [9.17, 15) is 9.59 Å². The van der Waals surface area contributed by atoms with E-state index in [2.05, 4.69) is 16.0 Å². The molecule has 3 rings (SSSR count). The summed E-state index contributed by atoms with van der Waals surface area (Å²) in [5, 5.41) is 8.92. The lowest BCUT2D eigenvalue weighted by Crippen LogP contribution is -2.46. The maximum absolute atomic E-state index is 12.1. The standard InChI is InChI=1S/C15H20N4O2.ClH/c20-14(13-6-2-7-16-13)18-11-4-1-5-12(10-11)19-9-3-8-17-15(19)21;/h1,4-5,10,13,16H,2-3,6-9H2,(H,17,21)(H,18,20);1H. The van der Waals surface area contributed by atoms with Crippen molar-refractivity contribution in [1.29, 1.82) is 0 Å². The van der Waals surface area contributed by atoms with Gasteiger partial charge in [-0.3, -0.25) is 9.69 Å². The lowest BCUT2D eigenvalue weighted by atomic mass is 10.2. The molecule has 3 amide bonds. The second-order valence-corrected chi connectivity index (χ2v) is 5.43. The molecule has 2 aliphatic rings. The maximum atomic E-state index is 12.1. The number of carbonyl (C=O) groups excluding carboxylic acids is 2. The topological polar surface area (TPSA) is 73.5 Å². The Morgan fingerprint density at radius 1 is 1.27 bits per heavy atom. The first kappa shape index (κ1) is 16.6. The number of rotatable bonds is 3. The molecule has 0 aliphatic carbocycles. The van der Waals surface area contributed by atoms with Crippen LogP contribution >= 0.6 is 12.4 Å². The quantitative estimate of drug-likeness (QED) is 0.792. The van der Waals surface area contributed by atoms with Crippen LogP contribution in [-0.4, -0.2) is 37.6 Å². The molecule has 2 heterocycles. The molecule has 3 N–H and O–H groups in total. The highest BCUT2D eigenvalue weighted by Crippen LogP contribution is 2.21. The molecule has 2 saturated heterocycles. The van der Waals surface area contributed by atoms with Gasteiger partial charge in [0.15, 0.2) is 0 Å². The SMILES string of the molecule is Cl.O=C(Nc1cccc(N2CCCNC2=O)c1)C1CCCN1. The lowest BCUT2D eigenvalue weighted by Gasteiger charge is -2.27. The van der Waals surface area contributed by atoms with Crippen LogP contribution in [0.25, 0.3) is 0 Å². The van der Waals surface area contributed by atoms with Crippen molar-refractivity contribution in [3.05, 3.63) is 24.3 Å². The van der Waals surface area contributed by atoms with Gasteiger partial charge >= 0.3 is 6.03 Å². The van der Waals surface area contributed by atoms with Gasteiger partial charge in [-0.05, 0) is 44.0 Å². The molecule has 22 heavy (non-hydrogen) atoms. The van der Waals surface area contributed by atoms with Crippen LogP contribution in [0.2, 0.25) is 0 Å². The van der Waals surface area contributed by atoms with E-state index in [4.69, 9.17) is 0 Å². The number of hydrogen-bond donors (Lipinski definition) is 3. The smallest absolute Gasteiger partial charge is 0.321 e. The van der Waals surface area contributed by atoms with Crippen LogP contribution in [0.3, 0.4) is 0 Å². The molecule has 2 aliphatic heterocycles. The zero-order valence-electron chi connectivity index (χ0n) is 12.3. The Kier molecular flexibility index (Phi) is 5.63. The zero-order valence-corrected chi connectivity index (χ0v) is 13.1. The summed E-state index contributed by atoms with van der Waals surface area (Å²) >= 11 is 0. The molecule has 0 bridgehead atoms. The van der Waals surface area contributed by atoms with E-state index < -0.39 is 0 Å². The van der Waals surface area contributed by atoms with E-state index in [1.165, 1.54) is 0 Å². The van der Waals surface area contributed by atoms with Crippen LogP contribution in [-0.2, 0) is 4.79 Å². The van der Waals surface area contributed by atoms with E-state index in [-0.39, 0.29) is 30.4 Å². The van der Waals surface area contributed by atoms with Crippen LogP contribution in [0, 0.1) is 0 Å². The van der Waals surface area contributed by atoms with E-state index in [0.717, 1.165) is 43.7 Å². The molecule has 1 atom stereocenters. The molecule has 0 radical (unpaired) electrons. The largest absolute Gasteiger partial charge is 0.338 e. The van der Waals surface area contributed by atoms with Crippen molar-refractivity contribution in [2.24, 2.45) is 0 Å². The van der Waals surface area contributed by atoms with Crippen LogP contribution in [0.15, 0.2) is 24.3 Å². The second kappa shape index (κ2) is 7.47. The number of benzene rings is 1. The molecule has 1 aromatic carbocycles. The number of nitrogens with one attached hydrogen (secondary N) is 3. The summed E-state index contributed by atoms with van der Waals surface area (Å²) in [6.45, 7) is 2.32. The summed E-state index contributed by atoms with van der Waals surface area (Å²) in [6, 6.07) is 7.24. The third-order valence-corrected chi connectivity index (χ3v) is 3.88. The van der Waals surface area contributed by atoms with Crippen molar-refractivity contribution in [3.8, 4) is 0 Å². The van der Waals surface area contributed by atoms with Crippen LogP contribution in [0.1, 0.15) is 19.3 Å². The van der Waals surface area contributed by atoms with Crippen molar-refractivity contribution < 1.29 is 9.59 Å². The first-order chi connectivity index (χ1) is 10.2. The third kappa shape index (κ3) is 3.69. The first-order valence-corrected chi connectivity index (χ1v) is 7.44. The fourth-order valence-electron chi connectivity index (χ4n) is 2.77. The molecule has 1 aromatic rings. The Balaban J connectivity index is 0.00000176. The minimum Gasteiger partial charge on any atom is -0.338 e. The summed E-state index contributed by atoms with van der Waals surface area (Å²) < 4.78 is 0. The summed E-state index contributed by atoms with van der Waals surface area (Å²) in [6.07, 6.45) is 2.83. The van der Waals surface area contributed by atoms with Crippen molar-refractivity contribution in [2.75, 3.05) is 29.9 Å². The Hall–Kier alpha value is -1.79. The van der Waals surface area contributed by atoms with Crippen LogP contribution < -0.4 is 20.9 Å². The minimum atomic E-state index is -0.105. The Morgan fingerprint density at radius 2 is 2.14 bits per heavy atom. The van der Waals surface area contributed by atoms with Crippen molar-refractivity contribution in [2.45, 2.75) is 25.3 Å². The number of nitrogens with zero attached hydrogens (tertiary/aromatic N) is 1. The summed E-state index contributed by atoms with van der Waals surface area (Å²) in [5.74, 6) is -0.00672. The van der Waals surface area contributed by atoms with Gasteiger partial charge in [0.05, 0.1) is 6.04 Å². The normalized spacial score (nSPS) is 21.0. The fourth-order valence-corrected chi connectivity index (χ4v) is 2.77. The third-order valence-electron chi connectivity index (χ3n) is 3.88. The Labute approximate surface area is 136 Å². The molecular weight excluding hydrogens is 304 g/mol. The average Bonchev–Trinajstić information content (AvgIpc) is 3.02. The van der Waals surface area contributed by atoms with Crippen LogP contribution in [0.5, 0.6) is 0 Å². The highest BCUT2D eigenvalue weighted by Gasteiger charge is 2.23. The summed E-state index contributed by atoms with van der Waals surface area (Å²) in [7, 11) is 0. The fraction of sp³-hybridized carbons (Fsp3) is 0.467. The number of amides is 3. The van der Waals surface area contributed by atoms with Gasteiger partial charge in [0.2, 0.25) is 5.91 Å². The van der Waals surface area contributed by atoms with E-state index in [0.29, 0.717) is 6.54 Å². The molecule has 2 fully saturated rings. The van der Waals surface area contributed by atoms with E-state index in [1.54, 1.807) is 4.90 Å². The molecule has 0 spiro atoms. The van der Waals surface area contributed by atoms with Gasteiger partial charge in [-0.2, -0.15) is 0 Å². The number of carbonyl (C=O) groups is 2. The van der Waals surface area contributed by atoms with Gasteiger partial charge in [-0.15, -0.1) is 12.4 Å². The minimum absolute atomic E-state index is 0. The molecule has 0 saturated carbocycles. The monoisotopic (exact) mass is 324 g/mol. The molecule has 6 nitrogen and oxygen atoms in total. The predicted molar refractivity (Wildman–Crippen MR) is 88.7 cm³/mol. The summed E-state index contributed by atoms with van der Waals surface area (Å²) in [4.78, 5) is 25.7. The van der Waals surface area contributed by atoms with E-state index >= 15 is 0 Å². The van der Waals surface area contributed by atoms with Gasteiger partial charge in [0.25, 0.3) is 0 Å². The van der Waals surface area contributed by atoms with Crippen molar-refractivity contribution >= 4 is 35.7 Å². The predicted octanol–water partition coefficient (Wildman–Crippen LogP) is 1.72. The Bertz CT molecular complexity index is 546. The number of urea groups is 1. The number of hydrogen-bond acceptors (Lipinski definition) is 3. The van der Waals surface area contributed by atoms with E-state index in [1.807, 2.05) is 24.3 Å². The van der Waals surface area contributed by atoms with Crippen LogP contribution in [0.4, 0.5) is 16.2 Å². The first-order valence-electron chi connectivity index (χ1n) is 7.44. The highest BCUT2D eigenvalue weighted by molar-refractivity contribution is 5.97. The molecular formula is C15H21ClN4O2. The number of halogens is 1. The van der Waals surface area contributed by atoms with Gasteiger partial charge in [-0.25, -0.2) is 4.79 Å². The maximum Gasteiger partial charge on any atom is 0.321 e. The second-order valence-electron chi connectivity index (χ2n) is 5.43. The zero-order chi connectivity index (χ0) is 14.7. The average molecular weight is 325 g/mol. The molecule has 7 heteroatoms. The van der Waals surface area contributed by atoms with Gasteiger partial charge < -0.3 is 16.0 Å². The highest BCUT2D eigenvalue weighted by atomic mass is 35.5. The van der Waals surface area contributed by atoms with Crippen molar-refractivity contribution in [3.63, 3.8) is 0 Å². The summed E-state index contributed by atoms with van der Waals surface area (Å²) in [5.41, 5.74) is 1.54. The molecule has 0 aromatic heterocycles. The van der Waals surface area contributed by atoms with Gasteiger partial charge in [-0.1, -0.05) is 6.07 Å². The molecule has 120 valence electrons. The van der Waals surface area contributed by atoms with Gasteiger partial charge in [0, 0.05) is 24.5 Å². The molecule has 1 unspecified atom stereocenters. The lowest BCUT2D eigenvalue weighted by molar-refractivity contribution is -0.117. The number of anilines is 2. The van der Waals surface area contributed by atoms with Gasteiger partial charge in [0.1, 0.15) is 0 Å². The Morgan fingerprint density at radius 3 is 2.86 bits per heavy atom. The van der Waals surface area contributed by atoms with Crippen molar-refractivity contribution in [1.82, 2.24) is 10.6 Å².